The maximum Gasteiger partial charge on any atom is 0.375 e. The summed E-state index contributed by atoms with van der Waals surface area (Å²) in [5, 5.41) is 0.941. The molecule has 1 aromatic heterocycles. The van der Waals surface area contributed by atoms with Crippen molar-refractivity contribution in [3.05, 3.63) is 51.5 Å². The number of hydroxylamine groups is 2. The van der Waals surface area contributed by atoms with Crippen molar-refractivity contribution >= 4 is 29.1 Å². The monoisotopic (exact) mass is 346 g/mol. The molecule has 1 aromatic carbocycles. The molecule has 2 aliphatic heterocycles. The molecule has 1 fully saturated rings. The van der Waals surface area contributed by atoms with Crippen LogP contribution in [0.4, 0.5) is 0 Å². The quantitative estimate of drug-likeness (QED) is 0.778. The van der Waals surface area contributed by atoms with E-state index in [1.807, 2.05) is 0 Å². The molecule has 2 amide bonds. The van der Waals surface area contributed by atoms with Gasteiger partial charge in [-0.3, -0.25) is 9.59 Å². The lowest BCUT2D eigenvalue weighted by Gasteiger charge is -2.11. The maximum absolute atomic E-state index is 12.2. The second-order valence-electron chi connectivity index (χ2n) is 4.97. The number of benzene rings is 1. The lowest BCUT2D eigenvalue weighted by atomic mass is 10.1. The molecule has 0 N–H and O–H groups in total. The van der Waals surface area contributed by atoms with Gasteiger partial charge in [0, 0.05) is 0 Å². The molecule has 0 saturated carbocycles. The summed E-state index contributed by atoms with van der Waals surface area (Å²) < 4.78 is 10.6. The van der Waals surface area contributed by atoms with Crippen molar-refractivity contribution in [3.8, 4) is 0 Å². The first-order valence-electron chi connectivity index (χ1n) is 7.04. The van der Waals surface area contributed by atoms with Gasteiger partial charge in [-0.1, -0.05) is 17.2 Å². The molecule has 4 rings (SSSR count). The van der Waals surface area contributed by atoms with Gasteiger partial charge in [0.2, 0.25) is 6.29 Å². The second kappa shape index (κ2) is 5.78. The minimum absolute atomic E-state index is 0.139. The van der Waals surface area contributed by atoms with Gasteiger partial charge in [0.05, 0.1) is 30.5 Å². The van der Waals surface area contributed by atoms with Crippen molar-refractivity contribution < 1.29 is 28.7 Å². The molecular weight excluding hydrogens is 336 g/mol. The highest BCUT2D eigenvalue weighted by atomic mass is 32.1. The van der Waals surface area contributed by atoms with Crippen LogP contribution in [0, 0.1) is 0 Å². The molecule has 0 spiro atoms. The van der Waals surface area contributed by atoms with Crippen LogP contribution in [0.5, 0.6) is 0 Å². The topological polar surface area (TPSA) is 95.0 Å². The molecule has 3 heterocycles. The van der Waals surface area contributed by atoms with Crippen LogP contribution in [-0.2, 0) is 14.3 Å². The Bertz CT molecular complexity index is 807. The number of ether oxygens (including phenoxy) is 2. The van der Waals surface area contributed by atoms with Gasteiger partial charge in [-0.15, -0.1) is 11.3 Å². The number of nitrogens with zero attached hydrogens (tertiary/aromatic N) is 2. The fourth-order valence-corrected chi connectivity index (χ4v) is 3.16. The van der Waals surface area contributed by atoms with Gasteiger partial charge in [0.1, 0.15) is 9.88 Å². The molecule has 0 atom stereocenters. The number of rotatable bonds is 3. The number of thiazole rings is 1. The molecule has 0 radical (unpaired) electrons. The van der Waals surface area contributed by atoms with E-state index < -0.39 is 24.1 Å². The van der Waals surface area contributed by atoms with E-state index in [0.29, 0.717) is 23.3 Å². The minimum atomic E-state index is -0.841. The Morgan fingerprint density at radius 1 is 1.17 bits per heavy atom. The summed E-state index contributed by atoms with van der Waals surface area (Å²) in [6.07, 6.45) is 0.696. The summed E-state index contributed by atoms with van der Waals surface area (Å²) in [5.41, 5.74) is 0.404. The molecule has 24 heavy (non-hydrogen) atoms. The molecule has 9 heteroatoms. The van der Waals surface area contributed by atoms with Crippen molar-refractivity contribution in [1.29, 1.82) is 0 Å². The minimum Gasteiger partial charge on any atom is -0.344 e. The van der Waals surface area contributed by atoms with Gasteiger partial charge < -0.3 is 14.3 Å². The lowest BCUT2D eigenvalue weighted by molar-refractivity contribution is -0.0581. The standard InChI is InChI=1S/C15H10N2O6S/c18-12-8-3-1-2-4-9(8)13(19)17(12)23-14(20)10-7-16-11(24-10)15-21-5-6-22-15/h1-4,7,15H,5-6H2. The Labute approximate surface area is 139 Å². The molecule has 8 nitrogen and oxygen atoms in total. The average molecular weight is 346 g/mol. The average Bonchev–Trinajstić information content (AvgIpc) is 3.32. The fourth-order valence-electron chi connectivity index (χ4n) is 2.37. The van der Waals surface area contributed by atoms with Crippen molar-refractivity contribution in [1.82, 2.24) is 10.0 Å². The van der Waals surface area contributed by atoms with Crippen LogP contribution < -0.4 is 0 Å². The van der Waals surface area contributed by atoms with Crippen molar-refractivity contribution in [2.24, 2.45) is 0 Å². The first kappa shape index (κ1) is 14.9. The fraction of sp³-hybridized carbons (Fsp3) is 0.200. The van der Waals surface area contributed by atoms with E-state index in [4.69, 9.17) is 14.3 Å². The number of hydrogen-bond donors (Lipinski definition) is 0. The molecule has 2 aliphatic rings. The number of carbonyl (C=O) groups is 3. The SMILES string of the molecule is O=C(ON1C(=O)c2ccccc2C1=O)c1cnc(C2OCCO2)s1. The van der Waals surface area contributed by atoms with E-state index in [-0.39, 0.29) is 16.0 Å². The van der Waals surface area contributed by atoms with E-state index in [2.05, 4.69) is 4.98 Å². The van der Waals surface area contributed by atoms with E-state index in [0.717, 1.165) is 11.3 Å². The zero-order valence-corrected chi connectivity index (χ0v) is 12.9. The number of carbonyl (C=O) groups excluding carboxylic acids is 3. The first-order valence-corrected chi connectivity index (χ1v) is 7.86. The molecule has 122 valence electrons. The highest BCUT2D eigenvalue weighted by Gasteiger charge is 2.39. The van der Waals surface area contributed by atoms with Crippen LogP contribution >= 0.6 is 11.3 Å². The van der Waals surface area contributed by atoms with Gasteiger partial charge in [-0.05, 0) is 12.1 Å². The molecular formula is C15H10N2O6S. The molecule has 0 aliphatic carbocycles. The van der Waals surface area contributed by atoms with Gasteiger partial charge >= 0.3 is 5.97 Å². The van der Waals surface area contributed by atoms with Crippen molar-refractivity contribution in [3.63, 3.8) is 0 Å². The number of fused-ring (bicyclic) bond motifs is 1. The zero-order chi connectivity index (χ0) is 16.7. The van der Waals surface area contributed by atoms with E-state index in [1.165, 1.54) is 18.3 Å². The Balaban J connectivity index is 1.51. The maximum atomic E-state index is 12.2. The lowest BCUT2D eigenvalue weighted by Crippen LogP contribution is -2.32. The summed E-state index contributed by atoms with van der Waals surface area (Å²) in [7, 11) is 0. The van der Waals surface area contributed by atoms with Crippen LogP contribution in [-0.4, -0.2) is 41.0 Å². The Morgan fingerprint density at radius 3 is 2.42 bits per heavy atom. The number of amides is 2. The third-order valence-corrected chi connectivity index (χ3v) is 4.48. The summed E-state index contributed by atoms with van der Waals surface area (Å²) in [6.45, 7) is 0.915. The van der Waals surface area contributed by atoms with Crippen LogP contribution in [0.3, 0.4) is 0 Å². The number of aromatic nitrogens is 1. The van der Waals surface area contributed by atoms with Crippen molar-refractivity contribution in [2.75, 3.05) is 13.2 Å². The summed E-state index contributed by atoms with van der Waals surface area (Å²) in [6, 6.07) is 6.27. The predicted octanol–water partition coefficient (Wildman–Crippen LogP) is 1.56. The Hall–Kier alpha value is -2.62. The van der Waals surface area contributed by atoms with E-state index in [9.17, 15) is 14.4 Å². The van der Waals surface area contributed by atoms with Crippen LogP contribution in [0.15, 0.2) is 30.5 Å². The number of imide groups is 1. The van der Waals surface area contributed by atoms with Crippen LogP contribution in [0.2, 0.25) is 0 Å². The third kappa shape index (κ3) is 2.39. The third-order valence-electron chi connectivity index (χ3n) is 3.48. The summed E-state index contributed by atoms with van der Waals surface area (Å²) in [4.78, 5) is 45.7. The Morgan fingerprint density at radius 2 is 1.79 bits per heavy atom. The molecule has 0 bridgehead atoms. The first-order chi connectivity index (χ1) is 11.6. The van der Waals surface area contributed by atoms with Crippen LogP contribution in [0.1, 0.15) is 41.7 Å². The zero-order valence-electron chi connectivity index (χ0n) is 12.1. The van der Waals surface area contributed by atoms with Gasteiger partial charge in [0.15, 0.2) is 0 Å². The normalized spacial score (nSPS) is 17.4. The second-order valence-corrected chi connectivity index (χ2v) is 6.03. The predicted molar refractivity (Wildman–Crippen MR) is 79.1 cm³/mol. The largest absolute Gasteiger partial charge is 0.375 e. The molecule has 0 unspecified atom stereocenters. The van der Waals surface area contributed by atoms with E-state index >= 15 is 0 Å². The van der Waals surface area contributed by atoms with Gasteiger partial charge in [-0.2, -0.15) is 0 Å². The van der Waals surface area contributed by atoms with Crippen molar-refractivity contribution in [2.45, 2.75) is 6.29 Å². The van der Waals surface area contributed by atoms with Gasteiger partial charge in [-0.25, -0.2) is 9.78 Å². The van der Waals surface area contributed by atoms with Crippen LogP contribution in [0.25, 0.3) is 0 Å². The highest BCUT2D eigenvalue weighted by Crippen LogP contribution is 2.28. The Kier molecular flexibility index (Phi) is 3.60. The smallest absolute Gasteiger partial charge is 0.344 e. The molecule has 2 aromatic rings. The summed E-state index contributed by atoms with van der Waals surface area (Å²) >= 11 is 1.02. The summed E-state index contributed by atoms with van der Waals surface area (Å²) in [5.74, 6) is -2.18. The number of hydrogen-bond acceptors (Lipinski definition) is 8. The molecule has 1 saturated heterocycles. The highest BCUT2D eigenvalue weighted by molar-refractivity contribution is 7.13. The van der Waals surface area contributed by atoms with E-state index in [1.54, 1.807) is 12.1 Å². The van der Waals surface area contributed by atoms with Gasteiger partial charge in [0.25, 0.3) is 11.8 Å².